The van der Waals surface area contributed by atoms with E-state index in [2.05, 4.69) is 29.4 Å². The Hall–Kier alpha value is -2.12. The number of nitrogens with one attached hydrogen (secondary N) is 1. The fourth-order valence-corrected chi connectivity index (χ4v) is 3.47. The molecule has 0 fully saturated rings. The molecular formula is C16H15N3O2S2. The number of aromatic nitrogens is 2. The summed E-state index contributed by atoms with van der Waals surface area (Å²) in [5, 5.41) is 12.8. The molecule has 3 rings (SSSR count). The minimum atomic E-state index is -0.266. The second kappa shape index (κ2) is 6.97. The molecule has 0 saturated carbocycles. The Kier molecular flexibility index (Phi) is 4.78. The Labute approximate surface area is 142 Å². The van der Waals surface area contributed by atoms with Gasteiger partial charge in [0.1, 0.15) is 0 Å². The Bertz CT molecular complexity index is 797. The van der Waals surface area contributed by atoms with Gasteiger partial charge in [-0.1, -0.05) is 31.1 Å². The van der Waals surface area contributed by atoms with E-state index in [1.165, 1.54) is 11.3 Å². The second-order valence-corrected chi connectivity index (χ2v) is 7.64. The zero-order valence-corrected chi connectivity index (χ0v) is 14.3. The molecule has 0 unspecified atom stereocenters. The number of nitrogens with zero attached hydrogens (tertiary/aromatic N) is 2. The topological polar surface area (TPSA) is 68.0 Å². The van der Waals surface area contributed by atoms with Gasteiger partial charge in [-0.2, -0.15) is 0 Å². The van der Waals surface area contributed by atoms with Gasteiger partial charge in [0.15, 0.2) is 0 Å². The van der Waals surface area contributed by atoms with Crippen molar-refractivity contribution in [2.75, 3.05) is 5.32 Å². The van der Waals surface area contributed by atoms with Gasteiger partial charge < -0.3 is 4.42 Å². The predicted molar refractivity (Wildman–Crippen MR) is 93.0 cm³/mol. The third-order valence-corrected chi connectivity index (χ3v) is 4.70. The molecule has 1 amide bonds. The standard InChI is InChI=1S/C16H15N3O2S2/c1-10(2)23-12-6-3-5-11(9-12)14(20)17-16-19-18-15(21-16)13-7-4-8-22-13/h3-10H,1-2H3,(H,17,19,20). The van der Waals surface area contributed by atoms with Gasteiger partial charge in [-0.3, -0.25) is 10.1 Å². The first kappa shape index (κ1) is 15.8. The molecule has 0 radical (unpaired) electrons. The second-order valence-electron chi connectivity index (χ2n) is 5.04. The number of carbonyl (C=O) groups excluding carboxylic acids is 1. The van der Waals surface area contributed by atoms with Crippen molar-refractivity contribution >= 4 is 35.0 Å². The number of hydrogen-bond acceptors (Lipinski definition) is 6. The number of thiophene rings is 1. The van der Waals surface area contributed by atoms with Crippen molar-refractivity contribution in [1.29, 1.82) is 0 Å². The van der Waals surface area contributed by atoms with Crippen LogP contribution in [0.1, 0.15) is 24.2 Å². The largest absolute Gasteiger partial charge is 0.402 e. The third-order valence-electron chi connectivity index (χ3n) is 2.85. The van der Waals surface area contributed by atoms with Crippen LogP contribution in [0.15, 0.2) is 51.1 Å². The van der Waals surface area contributed by atoms with Crippen LogP contribution in [0, 0.1) is 0 Å². The zero-order valence-electron chi connectivity index (χ0n) is 12.6. The minimum absolute atomic E-state index is 0.0975. The summed E-state index contributed by atoms with van der Waals surface area (Å²) in [4.78, 5) is 14.2. The average molecular weight is 345 g/mol. The maximum atomic E-state index is 12.3. The van der Waals surface area contributed by atoms with E-state index in [1.54, 1.807) is 17.8 Å². The molecule has 0 saturated heterocycles. The van der Waals surface area contributed by atoms with Crippen molar-refractivity contribution < 1.29 is 9.21 Å². The summed E-state index contributed by atoms with van der Waals surface area (Å²) in [7, 11) is 0. The lowest BCUT2D eigenvalue weighted by atomic mass is 10.2. The van der Waals surface area contributed by atoms with E-state index in [-0.39, 0.29) is 11.9 Å². The molecule has 1 N–H and O–H groups in total. The number of amides is 1. The van der Waals surface area contributed by atoms with Crippen LogP contribution in [0.4, 0.5) is 6.01 Å². The van der Waals surface area contributed by atoms with Crippen LogP contribution >= 0.6 is 23.1 Å². The van der Waals surface area contributed by atoms with E-state index in [0.29, 0.717) is 16.7 Å². The van der Waals surface area contributed by atoms with Gasteiger partial charge in [-0.05, 0) is 29.6 Å². The van der Waals surface area contributed by atoms with Gasteiger partial charge in [-0.25, -0.2) is 0 Å². The van der Waals surface area contributed by atoms with Gasteiger partial charge in [0.25, 0.3) is 11.8 Å². The molecule has 0 spiro atoms. The smallest absolute Gasteiger partial charge is 0.322 e. The van der Waals surface area contributed by atoms with Crippen LogP contribution in [-0.2, 0) is 0 Å². The highest BCUT2D eigenvalue weighted by molar-refractivity contribution is 7.99. The summed E-state index contributed by atoms with van der Waals surface area (Å²) in [5.74, 6) is 0.136. The van der Waals surface area contributed by atoms with Gasteiger partial charge in [0.05, 0.1) is 4.88 Å². The lowest BCUT2D eigenvalue weighted by Crippen LogP contribution is -2.12. The molecule has 0 aliphatic carbocycles. The molecule has 3 aromatic rings. The first-order valence-corrected chi connectivity index (χ1v) is 8.83. The first-order chi connectivity index (χ1) is 11.1. The normalized spacial score (nSPS) is 10.9. The number of benzene rings is 1. The third kappa shape index (κ3) is 4.00. The number of thioether (sulfide) groups is 1. The fraction of sp³-hybridized carbons (Fsp3) is 0.188. The quantitative estimate of drug-likeness (QED) is 0.687. The van der Waals surface area contributed by atoms with Crippen molar-refractivity contribution in [1.82, 2.24) is 10.2 Å². The summed E-state index contributed by atoms with van der Waals surface area (Å²) in [6, 6.07) is 11.4. The molecule has 0 bridgehead atoms. The van der Waals surface area contributed by atoms with Gasteiger partial charge in [0.2, 0.25) is 0 Å². The van der Waals surface area contributed by atoms with Crippen LogP contribution in [0.2, 0.25) is 0 Å². The molecule has 118 valence electrons. The Balaban J connectivity index is 1.72. The Morgan fingerprint density at radius 1 is 1.26 bits per heavy atom. The summed E-state index contributed by atoms with van der Waals surface area (Å²) >= 11 is 3.21. The number of anilines is 1. The van der Waals surface area contributed by atoms with Crippen molar-refractivity contribution in [2.45, 2.75) is 24.0 Å². The van der Waals surface area contributed by atoms with Gasteiger partial charge in [-0.15, -0.1) is 28.2 Å². The highest BCUT2D eigenvalue weighted by Crippen LogP contribution is 2.25. The van der Waals surface area contributed by atoms with E-state index in [0.717, 1.165) is 9.77 Å². The van der Waals surface area contributed by atoms with Crippen LogP contribution in [-0.4, -0.2) is 21.4 Å². The van der Waals surface area contributed by atoms with Crippen LogP contribution in [0.5, 0.6) is 0 Å². The maximum Gasteiger partial charge on any atom is 0.322 e. The van der Waals surface area contributed by atoms with E-state index in [9.17, 15) is 4.79 Å². The first-order valence-electron chi connectivity index (χ1n) is 7.07. The van der Waals surface area contributed by atoms with Gasteiger partial charge >= 0.3 is 6.01 Å². The highest BCUT2D eigenvalue weighted by atomic mass is 32.2. The fourth-order valence-electron chi connectivity index (χ4n) is 1.93. The molecule has 23 heavy (non-hydrogen) atoms. The average Bonchev–Trinajstić information content (AvgIpc) is 3.17. The van der Waals surface area contributed by atoms with Crippen LogP contribution < -0.4 is 5.32 Å². The molecule has 0 aliphatic rings. The maximum absolute atomic E-state index is 12.3. The van der Waals surface area contributed by atoms with E-state index in [1.807, 2.05) is 35.7 Å². The Morgan fingerprint density at radius 2 is 2.13 bits per heavy atom. The summed E-state index contributed by atoms with van der Waals surface area (Å²) < 4.78 is 5.47. The molecule has 0 atom stereocenters. The van der Waals surface area contributed by atoms with Crippen LogP contribution in [0.3, 0.4) is 0 Å². The number of carbonyl (C=O) groups is 1. The molecule has 7 heteroatoms. The SMILES string of the molecule is CC(C)Sc1cccc(C(=O)Nc2nnc(-c3cccs3)o2)c1. The van der Waals surface area contributed by atoms with Crippen molar-refractivity contribution in [2.24, 2.45) is 0 Å². The number of hydrogen-bond donors (Lipinski definition) is 1. The van der Waals surface area contributed by atoms with E-state index in [4.69, 9.17) is 4.42 Å². The summed E-state index contributed by atoms with van der Waals surface area (Å²) in [5.41, 5.74) is 0.562. The van der Waals surface area contributed by atoms with Crippen molar-refractivity contribution in [3.05, 3.63) is 47.3 Å². The molecule has 2 heterocycles. The lowest BCUT2D eigenvalue weighted by Gasteiger charge is -2.06. The Morgan fingerprint density at radius 3 is 2.87 bits per heavy atom. The van der Waals surface area contributed by atoms with E-state index < -0.39 is 0 Å². The van der Waals surface area contributed by atoms with E-state index >= 15 is 0 Å². The summed E-state index contributed by atoms with van der Waals surface area (Å²) in [6.07, 6.45) is 0. The lowest BCUT2D eigenvalue weighted by molar-refractivity contribution is 0.102. The molecule has 2 aromatic heterocycles. The molecule has 5 nitrogen and oxygen atoms in total. The highest BCUT2D eigenvalue weighted by Gasteiger charge is 2.13. The van der Waals surface area contributed by atoms with Gasteiger partial charge in [0, 0.05) is 15.7 Å². The summed E-state index contributed by atoms with van der Waals surface area (Å²) in [6.45, 7) is 4.23. The van der Waals surface area contributed by atoms with Crippen molar-refractivity contribution in [3.63, 3.8) is 0 Å². The molecule has 1 aromatic carbocycles. The van der Waals surface area contributed by atoms with Crippen LogP contribution in [0.25, 0.3) is 10.8 Å². The zero-order chi connectivity index (χ0) is 16.2. The van der Waals surface area contributed by atoms with Crippen molar-refractivity contribution in [3.8, 4) is 10.8 Å². The number of rotatable bonds is 5. The molecule has 0 aliphatic heterocycles. The predicted octanol–water partition coefficient (Wildman–Crippen LogP) is 4.55. The monoisotopic (exact) mass is 345 g/mol. The minimum Gasteiger partial charge on any atom is -0.402 e. The molecular weight excluding hydrogens is 330 g/mol.